The van der Waals surface area contributed by atoms with Gasteiger partial charge >= 0.3 is 5.97 Å². The van der Waals surface area contributed by atoms with Crippen LogP contribution in [0.2, 0.25) is 0 Å². The number of hydrogen-bond acceptors (Lipinski definition) is 5. The standard InChI is InChI=1S/C13H15N3O2S/c1-8(11-5-4-6-19-11)16(3)12-10(13(17)18)7-14-9(2)15-12/h4-8H,1-3H3,(H,17,18). The fraction of sp³-hybridized carbons (Fsp3) is 0.308. The number of nitrogens with zero attached hydrogens (tertiary/aromatic N) is 3. The SMILES string of the molecule is Cc1ncc(C(=O)O)c(N(C)C(C)c2cccs2)n1. The minimum atomic E-state index is -1.01. The van der Waals surface area contributed by atoms with Crippen LogP contribution in [0.5, 0.6) is 0 Å². The topological polar surface area (TPSA) is 66.3 Å². The number of aryl methyl sites for hydroxylation is 1. The number of carboxylic acids is 1. The molecule has 1 unspecified atom stereocenters. The highest BCUT2D eigenvalue weighted by Gasteiger charge is 2.21. The minimum Gasteiger partial charge on any atom is -0.477 e. The van der Waals surface area contributed by atoms with E-state index < -0.39 is 5.97 Å². The van der Waals surface area contributed by atoms with Gasteiger partial charge in [-0.25, -0.2) is 14.8 Å². The third-order valence-electron chi connectivity index (χ3n) is 2.99. The summed E-state index contributed by atoms with van der Waals surface area (Å²) in [4.78, 5) is 22.5. The number of rotatable bonds is 4. The van der Waals surface area contributed by atoms with Crippen LogP contribution >= 0.6 is 11.3 Å². The summed E-state index contributed by atoms with van der Waals surface area (Å²) in [5.41, 5.74) is 0.122. The average Bonchev–Trinajstić information content (AvgIpc) is 2.90. The van der Waals surface area contributed by atoms with E-state index in [9.17, 15) is 9.90 Å². The Balaban J connectivity index is 2.40. The van der Waals surface area contributed by atoms with Gasteiger partial charge in [0.05, 0.1) is 6.04 Å². The van der Waals surface area contributed by atoms with Crippen LogP contribution in [0.25, 0.3) is 0 Å². The zero-order chi connectivity index (χ0) is 14.0. The quantitative estimate of drug-likeness (QED) is 0.930. The lowest BCUT2D eigenvalue weighted by atomic mass is 10.2. The molecule has 6 heteroatoms. The van der Waals surface area contributed by atoms with Crippen LogP contribution in [-0.2, 0) is 0 Å². The third-order valence-corrected chi connectivity index (χ3v) is 4.03. The smallest absolute Gasteiger partial charge is 0.341 e. The van der Waals surface area contributed by atoms with E-state index in [4.69, 9.17) is 0 Å². The van der Waals surface area contributed by atoms with E-state index in [1.807, 2.05) is 36.4 Å². The van der Waals surface area contributed by atoms with Crippen LogP contribution in [0.1, 0.15) is 34.0 Å². The monoisotopic (exact) mass is 277 g/mol. The van der Waals surface area contributed by atoms with Gasteiger partial charge in [-0.05, 0) is 25.3 Å². The predicted molar refractivity (Wildman–Crippen MR) is 74.9 cm³/mol. The molecule has 0 aliphatic heterocycles. The number of aromatic nitrogens is 2. The molecule has 0 spiro atoms. The van der Waals surface area contributed by atoms with Crippen molar-refractivity contribution in [1.82, 2.24) is 9.97 Å². The Bertz CT molecular complexity index is 584. The molecule has 0 aliphatic carbocycles. The van der Waals surface area contributed by atoms with Gasteiger partial charge in [-0.2, -0.15) is 0 Å². The van der Waals surface area contributed by atoms with Crippen molar-refractivity contribution in [3.63, 3.8) is 0 Å². The molecule has 0 saturated carbocycles. The van der Waals surface area contributed by atoms with Crippen LogP contribution in [-0.4, -0.2) is 28.1 Å². The van der Waals surface area contributed by atoms with Crippen molar-refractivity contribution < 1.29 is 9.90 Å². The molecule has 1 N–H and O–H groups in total. The molecule has 0 aliphatic rings. The summed E-state index contributed by atoms with van der Waals surface area (Å²) in [6.07, 6.45) is 1.36. The molecule has 5 nitrogen and oxygen atoms in total. The van der Waals surface area contributed by atoms with Crippen LogP contribution in [0.15, 0.2) is 23.7 Å². The molecule has 0 saturated heterocycles. The van der Waals surface area contributed by atoms with Gasteiger partial charge in [-0.1, -0.05) is 6.07 Å². The number of hydrogen-bond donors (Lipinski definition) is 1. The summed E-state index contributed by atoms with van der Waals surface area (Å²) in [5.74, 6) is -0.00800. The molecule has 2 aromatic rings. The highest BCUT2D eigenvalue weighted by molar-refractivity contribution is 7.10. The summed E-state index contributed by atoms with van der Waals surface area (Å²) in [6, 6.07) is 4.07. The predicted octanol–water partition coefficient (Wildman–Crippen LogP) is 2.74. The molecule has 0 fully saturated rings. The molecule has 2 heterocycles. The van der Waals surface area contributed by atoms with Crippen molar-refractivity contribution in [2.75, 3.05) is 11.9 Å². The van der Waals surface area contributed by atoms with Gasteiger partial charge in [0.1, 0.15) is 17.2 Å². The first kappa shape index (κ1) is 13.5. The van der Waals surface area contributed by atoms with E-state index in [1.165, 1.54) is 6.20 Å². The normalized spacial score (nSPS) is 12.2. The van der Waals surface area contributed by atoms with Crippen molar-refractivity contribution in [2.45, 2.75) is 19.9 Å². The highest BCUT2D eigenvalue weighted by atomic mass is 32.1. The van der Waals surface area contributed by atoms with Crippen molar-refractivity contribution in [1.29, 1.82) is 0 Å². The zero-order valence-corrected chi connectivity index (χ0v) is 11.8. The third kappa shape index (κ3) is 2.73. The van der Waals surface area contributed by atoms with Crippen LogP contribution in [0.4, 0.5) is 5.82 Å². The molecule has 100 valence electrons. The molecule has 19 heavy (non-hydrogen) atoms. The Morgan fingerprint density at radius 1 is 1.53 bits per heavy atom. The molecule has 2 aromatic heterocycles. The van der Waals surface area contributed by atoms with Gasteiger partial charge < -0.3 is 10.0 Å². The van der Waals surface area contributed by atoms with Gasteiger partial charge in [-0.15, -0.1) is 11.3 Å². The summed E-state index contributed by atoms with van der Waals surface area (Å²) in [7, 11) is 1.85. The Kier molecular flexibility index (Phi) is 3.80. The van der Waals surface area contributed by atoms with E-state index in [-0.39, 0.29) is 11.6 Å². The van der Waals surface area contributed by atoms with Crippen molar-refractivity contribution in [3.05, 3.63) is 40.0 Å². The molecule has 0 aromatic carbocycles. The first-order valence-electron chi connectivity index (χ1n) is 5.84. The Labute approximate surface area is 115 Å². The highest BCUT2D eigenvalue weighted by Crippen LogP contribution is 2.28. The molecular weight excluding hydrogens is 262 g/mol. The fourth-order valence-corrected chi connectivity index (χ4v) is 2.61. The minimum absolute atomic E-state index is 0.0624. The van der Waals surface area contributed by atoms with Crippen LogP contribution in [0.3, 0.4) is 0 Å². The van der Waals surface area contributed by atoms with E-state index in [0.717, 1.165) is 4.88 Å². The lowest BCUT2D eigenvalue weighted by molar-refractivity contribution is 0.0696. The first-order valence-corrected chi connectivity index (χ1v) is 6.72. The van der Waals surface area contributed by atoms with E-state index in [0.29, 0.717) is 11.6 Å². The second-order valence-electron chi connectivity index (χ2n) is 4.26. The largest absolute Gasteiger partial charge is 0.477 e. The Morgan fingerprint density at radius 3 is 2.84 bits per heavy atom. The zero-order valence-electron chi connectivity index (χ0n) is 11.0. The van der Waals surface area contributed by atoms with Gasteiger partial charge in [0.2, 0.25) is 0 Å². The molecule has 1 atom stereocenters. The summed E-state index contributed by atoms with van der Waals surface area (Å²) in [5, 5.41) is 11.2. The molecule has 0 bridgehead atoms. The maximum Gasteiger partial charge on any atom is 0.341 e. The number of carbonyl (C=O) groups is 1. The second kappa shape index (κ2) is 5.36. The number of thiophene rings is 1. The van der Waals surface area contributed by atoms with Crippen LogP contribution < -0.4 is 4.90 Å². The van der Waals surface area contributed by atoms with Crippen molar-refractivity contribution in [3.8, 4) is 0 Å². The maximum atomic E-state index is 11.2. The van der Waals surface area contributed by atoms with Gasteiger partial charge in [0, 0.05) is 18.1 Å². The Hall–Kier alpha value is -1.95. The number of carboxylic acid groups (broad SMARTS) is 1. The van der Waals surface area contributed by atoms with Gasteiger partial charge in [0.25, 0.3) is 0 Å². The van der Waals surface area contributed by atoms with Gasteiger partial charge in [0.15, 0.2) is 0 Å². The molecule has 2 rings (SSSR count). The summed E-state index contributed by atoms with van der Waals surface area (Å²) >= 11 is 1.64. The summed E-state index contributed by atoms with van der Waals surface area (Å²) < 4.78 is 0. The lowest BCUT2D eigenvalue weighted by Crippen LogP contribution is -2.25. The Morgan fingerprint density at radius 2 is 2.26 bits per heavy atom. The van der Waals surface area contributed by atoms with E-state index in [1.54, 1.807) is 18.3 Å². The number of aromatic carboxylic acids is 1. The average molecular weight is 277 g/mol. The fourth-order valence-electron chi connectivity index (χ4n) is 1.78. The lowest BCUT2D eigenvalue weighted by Gasteiger charge is -2.26. The van der Waals surface area contributed by atoms with E-state index in [2.05, 4.69) is 9.97 Å². The van der Waals surface area contributed by atoms with E-state index >= 15 is 0 Å². The van der Waals surface area contributed by atoms with Crippen LogP contribution in [0, 0.1) is 6.92 Å². The van der Waals surface area contributed by atoms with Gasteiger partial charge in [-0.3, -0.25) is 0 Å². The molecule has 0 amide bonds. The second-order valence-corrected chi connectivity index (χ2v) is 5.24. The first-order chi connectivity index (χ1) is 9.00. The molecular formula is C13H15N3O2S. The number of anilines is 1. The maximum absolute atomic E-state index is 11.2. The van der Waals surface area contributed by atoms with Crippen molar-refractivity contribution >= 4 is 23.1 Å². The summed E-state index contributed by atoms with van der Waals surface area (Å²) in [6.45, 7) is 3.77. The molecule has 0 radical (unpaired) electrons. The van der Waals surface area contributed by atoms with Crippen molar-refractivity contribution in [2.24, 2.45) is 0 Å².